The summed E-state index contributed by atoms with van der Waals surface area (Å²) in [7, 11) is 0. The van der Waals surface area contributed by atoms with Gasteiger partial charge in [-0.2, -0.15) is 0 Å². The molecule has 1 atom stereocenters. The summed E-state index contributed by atoms with van der Waals surface area (Å²) >= 11 is 0. The Balaban J connectivity index is 2.21. The number of amides is 1. The summed E-state index contributed by atoms with van der Waals surface area (Å²) in [6.45, 7) is 5.78. The molecule has 0 spiro atoms. The summed E-state index contributed by atoms with van der Waals surface area (Å²) in [5.41, 5.74) is 1.27. The molecule has 1 aliphatic heterocycles. The molecule has 5 nitrogen and oxygen atoms in total. The van der Waals surface area contributed by atoms with Gasteiger partial charge in [-0.3, -0.25) is 9.88 Å². The number of hydrogen-bond acceptors (Lipinski definition) is 4. The highest BCUT2D eigenvalue weighted by Crippen LogP contribution is 2.22. The highest BCUT2D eigenvalue weighted by Gasteiger charge is 2.32. The molecule has 0 N–H and O–H groups in total. The number of carbonyl (C=O) groups is 2. The average Bonchev–Trinajstić information content (AvgIpc) is 2.35. The predicted octanol–water partition coefficient (Wildman–Crippen LogP) is 1.94. The number of fused-ring (bicyclic) bond motifs is 1. The average molecular weight is 262 g/mol. The van der Waals surface area contributed by atoms with Gasteiger partial charge >= 0.3 is 6.09 Å². The third kappa shape index (κ3) is 3.10. The maximum Gasteiger partial charge on any atom is 0.411 e. The Morgan fingerprint density at radius 2 is 2.26 bits per heavy atom. The molecule has 0 aliphatic carbocycles. The highest BCUT2D eigenvalue weighted by atomic mass is 16.6. The van der Waals surface area contributed by atoms with Crippen molar-refractivity contribution in [2.45, 2.75) is 45.4 Å². The second-order valence-electron chi connectivity index (χ2n) is 5.63. The Labute approximate surface area is 112 Å². The molecule has 0 fully saturated rings. The lowest BCUT2D eigenvalue weighted by Crippen LogP contribution is -2.47. The van der Waals surface area contributed by atoms with Crippen LogP contribution in [-0.4, -0.2) is 33.9 Å². The van der Waals surface area contributed by atoms with Crippen molar-refractivity contribution >= 4 is 12.4 Å². The smallest absolute Gasteiger partial charge is 0.411 e. The van der Waals surface area contributed by atoms with E-state index >= 15 is 0 Å². The van der Waals surface area contributed by atoms with Crippen molar-refractivity contribution in [2.75, 3.05) is 0 Å². The molecule has 19 heavy (non-hydrogen) atoms. The van der Waals surface area contributed by atoms with Crippen molar-refractivity contribution in [1.29, 1.82) is 0 Å². The van der Waals surface area contributed by atoms with Gasteiger partial charge in [0.1, 0.15) is 11.9 Å². The molecule has 0 bridgehead atoms. The number of ether oxygens (including phenoxy) is 1. The van der Waals surface area contributed by atoms with Gasteiger partial charge in [0.05, 0.1) is 12.6 Å². The summed E-state index contributed by atoms with van der Waals surface area (Å²) < 4.78 is 5.33. The Hall–Kier alpha value is -1.91. The number of nitrogens with zero attached hydrogens (tertiary/aromatic N) is 2. The second-order valence-corrected chi connectivity index (χ2v) is 5.63. The van der Waals surface area contributed by atoms with Gasteiger partial charge in [-0.05, 0) is 32.4 Å². The van der Waals surface area contributed by atoms with E-state index in [1.54, 1.807) is 27.0 Å². The first-order valence-corrected chi connectivity index (χ1v) is 6.28. The van der Waals surface area contributed by atoms with Crippen molar-refractivity contribution in [1.82, 2.24) is 9.88 Å². The summed E-state index contributed by atoms with van der Waals surface area (Å²) in [6.07, 6.45) is 2.46. The topological polar surface area (TPSA) is 59.5 Å². The van der Waals surface area contributed by atoms with E-state index in [0.29, 0.717) is 13.0 Å². The highest BCUT2D eigenvalue weighted by molar-refractivity contribution is 5.74. The summed E-state index contributed by atoms with van der Waals surface area (Å²) in [4.78, 5) is 29.0. The Morgan fingerprint density at radius 1 is 1.53 bits per heavy atom. The molecule has 0 aromatic carbocycles. The molecule has 1 unspecified atom stereocenters. The van der Waals surface area contributed by atoms with Crippen LogP contribution >= 0.6 is 0 Å². The van der Waals surface area contributed by atoms with Crippen LogP contribution in [-0.2, 0) is 22.5 Å². The second kappa shape index (κ2) is 4.99. The van der Waals surface area contributed by atoms with Crippen molar-refractivity contribution < 1.29 is 14.3 Å². The first kappa shape index (κ1) is 13.5. The molecule has 2 heterocycles. The zero-order chi connectivity index (χ0) is 14.0. The van der Waals surface area contributed by atoms with Crippen LogP contribution in [0.2, 0.25) is 0 Å². The van der Waals surface area contributed by atoms with Crippen LogP contribution in [0.15, 0.2) is 18.3 Å². The van der Waals surface area contributed by atoms with E-state index in [2.05, 4.69) is 4.98 Å². The monoisotopic (exact) mass is 262 g/mol. The van der Waals surface area contributed by atoms with Gasteiger partial charge in [-0.25, -0.2) is 4.79 Å². The third-order valence-corrected chi connectivity index (χ3v) is 2.91. The number of carbonyl (C=O) groups excluding carboxylic acids is 2. The summed E-state index contributed by atoms with van der Waals surface area (Å²) in [5.74, 6) is 0. The molecule has 1 aromatic heterocycles. The molecule has 1 amide bonds. The van der Waals surface area contributed by atoms with Crippen LogP contribution < -0.4 is 0 Å². The minimum Gasteiger partial charge on any atom is -0.444 e. The van der Waals surface area contributed by atoms with Crippen LogP contribution in [0.4, 0.5) is 4.79 Å². The van der Waals surface area contributed by atoms with E-state index in [0.717, 1.165) is 17.5 Å². The lowest BCUT2D eigenvalue weighted by atomic mass is 10.00. The molecule has 0 saturated heterocycles. The summed E-state index contributed by atoms with van der Waals surface area (Å²) in [6, 6.07) is 3.24. The zero-order valence-electron chi connectivity index (χ0n) is 11.4. The van der Waals surface area contributed by atoms with Gasteiger partial charge in [-0.15, -0.1) is 0 Å². The fourth-order valence-electron chi connectivity index (χ4n) is 2.05. The minimum absolute atomic E-state index is 0.363. The molecule has 102 valence electrons. The predicted molar refractivity (Wildman–Crippen MR) is 69.6 cm³/mol. The van der Waals surface area contributed by atoms with Gasteiger partial charge in [0.15, 0.2) is 0 Å². The van der Waals surface area contributed by atoms with Crippen LogP contribution in [0.1, 0.15) is 32.0 Å². The standard InChI is InChI=1S/C14H18N2O3/c1-14(2,3)19-13(18)16-8-10-5-4-6-15-12(10)7-11(16)9-17/h4-6,9,11H,7-8H2,1-3H3. The van der Waals surface area contributed by atoms with E-state index < -0.39 is 17.7 Å². The van der Waals surface area contributed by atoms with Gasteiger partial charge in [0.2, 0.25) is 0 Å². The quantitative estimate of drug-likeness (QED) is 0.726. The maximum absolute atomic E-state index is 12.1. The molecule has 1 aromatic rings. The third-order valence-electron chi connectivity index (χ3n) is 2.91. The van der Waals surface area contributed by atoms with Crippen LogP contribution in [0.3, 0.4) is 0 Å². The fraction of sp³-hybridized carbons (Fsp3) is 0.500. The van der Waals surface area contributed by atoms with Crippen molar-refractivity contribution in [3.05, 3.63) is 29.6 Å². The van der Waals surface area contributed by atoms with Gasteiger partial charge < -0.3 is 9.53 Å². The molecular formula is C14H18N2O3. The number of pyridine rings is 1. The first-order chi connectivity index (χ1) is 8.90. The molecule has 5 heteroatoms. The summed E-state index contributed by atoms with van der Waals surface area (Å²) in [5, 5.41) is 0. The number of hydrogen-bond donors (Lipinski definition) is 0. The minimum atomic E-state index is -0.570. The normalized spacial score (nSPS) is 18.7. The van der Waals surface area contributed by atoms with Gasteiger partial charge in [0.25, 0.3) is 0 Å². The molecule has 0 saturated carbocycles. The van der Waals surface area contributed by atoms with E-state index in [1.807, 2.05) is 12.1 Å². The Bertz CT molecular complexity index is 494. The van der Waals surface area contributed by atoms with Crippen LogP contribution in [0, 0.1) is 0 Å². The fourth-order valence-corrected chi connectivity index (χ4v) is 2.05. The van der Waals surface area contributed by atoms with Crippen molar-refractivity contribution in [3.63, 3.8) is 0 Å². The van der Waals surface area contributed by atoms with Crippen molar-refractivity contribution in [2.24, 2.45) is 0 Å². The largest absolute Gasteiger partial charge is 0.444 e. The molecule has 0 radical (unpaired) electrons. The lowest BCUT2D eigenvalue weighted by molar-refractivity contribution is -0.113. The SMILES string of the molecule is CC(C)(C)OC(=O)N1Cc2cccnc2CC1C=O. The van der Waals surface area contributed by atoms with Crippen molar-refractivity contribution in [3.8, 4) is 0 Å². The Kier molecular flexibility index (Phi) is 3.55. The van der Waals surface area contributed by atoms with Gasteiger partial charge in [0, 0.05) is 18.3 Å². The van der Waals surface area contributed by atoms with Crippen LogP contribution in [0.25, 0.3) is 0 Å². The van der Waals surface area contributed by atoms with Crippen LogP contribution in [0.5, 0.6) is 0 Å². The first-order valence-electron chi connectivity index (χ1n) is 6.28. The molecule has 2 rings (SSSR count). The number of aromatic nitrogens is 1. The molecule has 1 aliphatic rings. The molecular weight excluding hydrogens is 244 g/mol. The number of aldehydes is 1. The van der Waals surface area contributed by atoms with E-state index in [9.17, 15) is 9.59 Å². The lowest BCUT2D eigenvalue weighted by Gasteiger charge is -2.34. The zero-order valence-corrected chi connectivity index (χ0v) is 11.4. The van der Waals surface area contributed by atoms with E-state index in [-0.39, 0.29) is 0 Å². The maximum atomic E-state index is 12.1. The number of rotatable bonds is 1. The van der Waals surface area contributed by atoms with E-state index in [4.69, 9.17) is 4.74 Å². The van der Waals surface area contributed by atoms with Gasteiger partial charge in [-0.1, -0.05) is 6.07 Å². The Morgan fingerprint density at radius 3 is 2.89 bits per heavy atom. The van der Waals surface area contributed by atoms with E-state index in [1.165, 1.54) is 4.90 Å².